The highest BCUT2D eigenvalue weighted by Gasteiger charge is 2.23. The molecule has 0 unspecified atom stereocenters. The van der Waals surface area contributed by atoms with E-state index in [0.29, 0.717) is 10.8 Å². The van der Waals surface area contributed by atoms with Gasteiger partial charge in [0.1, 0.15) is 41.6 Å². The number of rotatable bonds is 8. The lowest BCUT2D eigenvalue weighted by Crippen LogP contribution is -2.06. The van der Waals surface area contributed by atoms with E-state index in [1.807, 2.05) is 0 Å². The lowest BCUT2D eigenvalue weighted by atomic mass is 10.1. The van der Waals surface area contributed by atoms with Crippen LogP contribution in [0.25, 0.3) is 67.1 Å². The first-order chi connectivity index (χ1) is 26.3. The molecule has 4 N–H and O–H groups in total. The van der Waals surface area contributed by atoms with E-state index in [2.05, 4.69) is 20.4 Å². The molecule has 0 fully saturated rings. The summed E-state index contributed by atoms with van der Waals surface area (Å²) in [4.78, 5) is 0.0356. The molecule has 8 rings (SSSR count). The van der Waals surface area contributed by atoms with Gasteiger partial charge in [-0.1, -0.05) is 66.7 Å². The van der Waals surface area contributed by atoms with E-state index in [9.17, 15) is 51.9 Å². The van der Waals surface area contributed by atoms with E-state index in [1.165, 1.54) is 66.7 Å². The van der Waals surface area contributed by atoms with E-state index >= 15 is 0 Å². The van der Waals surface area contributed by atoms with Gasteiger partial charge in [0.05, 0.1) is 11.4 Å². The predicted molar refractivity (Wildman–Crippen MR) is 201 cm³/mol. The van der Waals surface area contributed by atoms with E-state index < -0.39 is 55.2 Å². The van der Waals surface area contributed by atoms with Gasteiger partial charge in [-0.05, 0) is 53.6 Å². The Kier molecular flexibility index (Phi) is 8.44. The number of hydrogen-bond acceptors (Lipinski definition) is 12. The predicted octanol–water partition coefficient (Wildman–Crippen LogP) is 4.62. The minimum atomic E-state index is -4.95. The molecule has 0 aliphatic heterocycles. The average molecular weight is 835 g/mol. The molecule has 18 nitrogen and oxygen atoms in total. The average Bonchev–Trinajstić information content (AvgIpc) is 3.77. The molecule has 0 amide bonds. The van der Waals surface area contributed by atoms with Gasteiger partial charge in [0.2, 0.25) is 0 Å². The highest BCUT2D eigenvalue weighted by Crippen LogP contribution is 2.32. The Balaban J connectivity index is 1.18. The summed E-state index contributed by atoms with van der Waals surface area (Å²) in [6.07, 6.45) is 2.35. The van der Waals surface area contributed by atoms with Crippen LogP contribution in [0.5, 0.6) is 0 Å². The van der Waals surface area contributed by atoms with Crippen molar-refractivity contribution in [2.24, 2.45) is 0 Å². The van der Waals surface area contributed by atoms with Crippen molar-refractivity contribution in [3.05, 3.63) is 108 Å². The molecule has 0 atom stereocenters. The van der Waals surface area contributed by atoms with Crippen molar-refractivity contribution in [1.29, 1.82) is 0 Å². The molecule has 0 saturated carbocycles. The third-order valence-electron chi connectivity index (χ3n) is 8.73. The minimum absolute atomic E-state index is 0.0209. The highest BCUT2D eigenvalue weighted by molar-refractivity contribution is 7.86. The second kappa shape index (κ2) is 12.8. The smallest absolute Gasteiger partial charge is 0.282 e. The third-order valence-corrected chi connectivity index (χ3v) is 12.4. The van der Waals surface area contributed by atoms with E-state index in [0.717, 1.165) is 27.8 Å². The molecule has 2 aromatic heterocycles. The summed E-state index contributed by atoms with van der Waals surface area (Å²) in [6, 6.07) is 21.8. The van der Waals surface area contributed by atoms with Crippen molar-refractivity contribution in [2.45, 2.75) is 19.6 Å². The van der Waals surface area contributed by atoms with Crippen LogP contribution < -0.4 is 0 Å². The van der Waals surface area contributed by atoms with Crippen LogP contribution in [0.15, 0.2) is 117 Å². The molecule has 56 heavy (non-hydrogen) atoms. The molecule has 0 saturated heterocycles. The molecule has 2 heterocycles. The van der Waals surface area contributed by atoms with Crippen molar-refractivity contribution in [2.75, 3.05) is 0 Å². The van der Waals surface area contributed by atoms with Gasteiger partial charge in [0.15, 0.2) is 0 Å². The molecule has 0 bridgehead atoms. The molecule has 6 aromatic carbocycles. The Hall–Kier alpha value is -5.98. The molecule has 0 aliphatic rings. The Labute approximate surface area is 315 Å². The molecule has 0 radical (unpaired) electrons. The van der Waals surface area contributed by atoms with Crippen LogP contribution in [0.1, 0.15) is 11.1 Å². The van der Waals surface area contributed by atoms with E-state index in [1.54, 1.807) is 24.3 Å². The highest BCUT2D eigenvalue weighted by atomic mass is 32.2. The first-order valence-electron chi connectivity index (χ1n) is 15.7. The topological polar surface area (TPSA) is 279 Å². The fourth-order valence-electron chi connectivity index (χ4n) is 6.29. The summed E-state index contributed by atoms with van der Waals surface area (Å²) in [5.41, 5.74) is 0.643. The Morgan fingerprint density at radius 3 is 1.38 bits per heavy atom. The van der Waals surface area contributed by atoms with Gasteiger partial charge < -0.3 is 0 Å². The van der Waals surface area contributed by atoms with Crippen LogP contribution in [-0.2, 0) is 40.5 Å². The SMILES string of the molecule is O=S(=O)(O)c1cc(-n2nc3ccc4c(S(=O)(=O)O)cccc4c3n2)ccc1C=Cc1ccc(-n2nc3cc(S(=O)(=O)O)c4ccccc4c3n2)cc1S(=O)(=O)O. The Morgan fingerprint density at radius 2 is 0.857 bits per heavy atom. The zero-order valence-corrected chi connectivity index (χ0v) is 31.0. The number of hydrogen-bond donors (Lipinski definition) is 4. The lowest BCUT2D eigenvalue weighted by Gasteiger charge is -2.08. The van der Waals surface area contributed by atoms with Crippen LogP contribution >= 0.6 is 0 Å². The van der Waals surface area contributed by atoms with Crippen molar-refractivity contribution < 1.29 is 51.9 Å². The van der Waals surface area contributed by atoms with Gasteiger partial charge in [-0.15, -0.1) is 20.4 Å². The monoisotopic (exact) mass is 834 g/mol. The standard InChI is InChI=1S/C34H22N6O12S4/c41-53(42,43)29-7-3-6-26-24(29)14-15-27-33(26)37-39(35-27)21-12-10-19(30(16-21)54(44,45)46)8-9-20-11-13-22(17-31(20)55(47,48)49)40-36-28-18-32(56(50,51)52)23-4-1-2-5-25(23)34(28)38-40/h1-18H,(H,41,42,43)(H,44,45,46)(H,47,48,49)(H,50,51,52). The van der Waals surface area contributed by atoms with Gasteiger partial charge in [0, 0.05) is 21.5 Å². The van der Waals surface area contributed by atoms with Crippen LogP contribution in [0.3, 0.4) is 0 Å². The first kappa shape index (κ1) is 37.0. The second-order valence-corrected chi connectivity index (χ2v) is 17.8. The van der Waals surface area contributed by atoms with Crippen LogP contribution in [0.2, 0.25) is 0 Å². The van der Waals surface area contributed by atoms with Crippen LogP contribution in [0.4, 0.5) is 0 Å². The zero-order valence-electron chi connectivity index (χ0n) is 27.8. The summed E-state index contributed by atoms with van der Waals surface area (Å²) in [6.45, 7) is 0. The quantitative estimate of drug-likeness (QED) is 0.120. The summed E-state index contributed by atoms with van der Waals surface area (Å²) < 4.78 is 138. The number of fused-ring (bicyclic) bond motifs is 6. The van der Waals surface area contributed by atoms with Gasteiger partial charge >= 0.3 is 0 Å². The largest absolute Gasteiger partial charge is 0.295 e. The second-order valence-electron chi connectivity index (χ2n) is 12.2. The Bertz CT molecular complexity index is 3490. The van der Waals surface area contributed by atoms with Crippen molar-refractivity contribution in [3.63, 3.8) is 0 Å². The molecular formula is C34H22N6O12S4. The van der Waals surface area contributed by atoms with Gasteiger partial charge in [-0.3, -0.25) is 18.2 Å². The maximum absolute atomic E-state index is 12.6. The molecule has 0 spiro atoms. The molecule has 284 valence electrons. The number of nitrogens with zero attached hydrogens (tertiary/aromatic N) is 6. The summed E-state index contributed by atoms with van der Waals surface area (Å²) in [7, 11) is -19.1. The molecule has 8 aromatic rings. The fraction of sp³-hybridized carbons (Fsp3) is 0. The van der Waals surface area contributed by atoms with Gasteiger partial charge in [-0.25, -0.2) is 0 Å². The summed E-state index contributed by atoms with van der Waals surface area (Å²) in [5.74, 6) is 0. The van der Waals surface area contributed by atoms with Crippen molar-refractivity contribution in [1.82, 2.24) is 30.0 Å². The molecule has 0 aliphatic carbocycles. The third kappa shape index (κ3) is 6.58. The van der Waals surface area contributed by atoms with Gasteiger partial charge in [-0.2, -0.15) is 43.3 Å². The van der Waals surface area contributed by atoms with Crippen LogP contribution in [-0.4, -0.2) is 81.9 Å². The van der Waals surface area contributed by atoms with Crippen LogP contribution in [0, 0.1) is 0 Å². The maximum atomic E-state index is 12.6. The van der Waals surface area contributed by atoms with E-state index in [-0.39, 0.29) is 60.2 Å². The fourth-order valence-corrected chi connectivity index (χ4v) is 9.12. The van der Waals surface area contributed by atoms with Crippen molar-refractivity contribution >= 4 is 96.2 Å². The number of aromatic nitrogens is 6. The Morgan fingerprint density at radius 1 is 0.411 bits per heavy atom. The number of benzene rings is 6. The normalized spacial score (nSPS) is 13.1. The maximum Gasteiger partial charge on any atom is 0.295 e. The van der Waals surface area contributed by atoms with Gasteiger partial charge in [0.25, 0.3) is 40.5 Å². The lowest BCUT2D eigenvalue weighted by molar-refractivity contribution is 0.480. The first-order valence-corrected chi connectivity index (χ1v) is 21.5. The molecule has 22 heteroatoms. The minimum Gasteiger partial charge on any atom is -0.282 e. The zero-order chi connectivity index (χ0) is 39.9. The summed E-state index contributed by atoms with van der Waals surface area (Å²) in [5, 5.41) is 18.4. The molecular weight excluding hydrogens is 813 g/mol. The van der Waals surface area contributed by atoms with E-state index in [4.69, 9.17) is 0 Å². The van der Waals surface area contributed by atoms with Crippen molar-refractivity contribution in [3.8, 4) is 11.4 Å². The summed E-state index contributed by atoms with van der Waals surface area (Å²) >= 11 is 0.